The average Bonchev–Trinajstić information content (AvgIpc) is 2.84. The maximum atomic E-state index is 12.7. The Hall–Kier alpha value is -3.78. The molecule has 0 spiro atoms. The van der Waals surface area contributed by atoms with Gasteiger partial charge >= 0.3 is 0 Å². The van der Waals surface area contributed by atoms with Crippen molar-refractivity contribution in [3.8, 4) is 11.8 Å². The first-order chi connectivity index (χ1) is 16.4. The van der Waals surface area contributed by atoms with E-state index in [1.54, 1.807) is 36.4 Å². The van der Waals surface area contributed by atoms with E-state index >= 15 is 0 Å². The summed E-state index contributed by atoms with van der Waals surface area (Å²) < 4.78 is 6.10. The monoisotopic (exact) mass is 486 g/mol. The van der Waals surface area contributed by atoms with E-state index in [4.69, 9.17) is 27.9 Å². The fourth-order valence-corrected chi connectivity index (χ4v) is 3.87. The SMILES string of the molecule is Cc1ccc(NC(=O)/C(C#N)=C/c2cc(Cl)ccc2OCc2cccc3ccccc23)cc1Cl. The van der Waals surface area contributed by atoms with Gasteiger partial charge in [-0.3, -0.25) is 4.79 Å². The summed E-state index contributed by atoms with van der Waals surface area (Å²) in [6.07, 6.45) is 1.47. The van der Waals surface area contributed by atoms with Gasteiger partial charge in [-0.15, -0.1) is 0 Å². The zero-order valence-electron chi connectivity index (χ0n) is 18.3. The molecule has 0 bridgehead atoms. The summed E-state index contributed by atoms with van der Waals surface area (Å²) in [4.78, 5) is 12.7. The molecule has 0 aliphatic carbocycles. The van der Waals surface area contributed by atoms with Crippen LogP contribution in [0.2, 0.25) is 10.0 Å². The fraction of sp³-hybridized carbons (Fsp3) is 0.0714. The van der Waals surface area contributed by atoms with Crippen molar-refractivity contribution in [2.45, 2.75) is 13.5 Å². The van der Waals surface area contributed by atoms with E-state index < -0.39 is 5.91 Å². The second-order valence-electron chi connectivity index (χ2n) is 7.70. The summed E-state index contributed by atoms with van der Waals surface area (Å²) in [6.45, 7) is 2.19. The number of carbonyl (C=O) groups is 1. The number of aryl methyl sites for hydroxylation is 1. The van der Waals surface area contributed by atoms with Crippen LogP contribution in [0.25, 0.3) is 16.8 Å². The molecule has 4 rings (SSSR count). The van der Waals surface area contributed by atoms with E-state index in [-0.39, 0.29) is 5.57 Å². The van der Waals surface area contributed by atoms with Gasteiger partial charge in [-0.25, -0.2) is 0 Å². The Bertz CT molecular complexity index is 1450. The topological polar surface area (TPSA) is 62.1 Å². The van der Waals surface area contributed by atoms with Gasteiger partial charge in [0.15, 0.2) is 0 Å². The number of nitrogens with zero attached hydrogens (tertiary/aromatic N) is 1. The van der Waals surface area contributed by atoms with Gasteiger partial charge in [-0.2, -0.15) is 5.26 Å². The Labute approximate surface area is 208 Å². The minimum absolute atomic E-state index is 0.0889. The van der Waals surface area contributed by atoms with Crippen LogP contribution in [0.5, 0.6) is 5.75 Å². The summed E-state index contributed by atoms with van der Waals surface area (Å²) in [5.74, 6) is -0.0429. The molecule has 4 aromatic carbocycles. The van der Waals surface area contributed by atoms with Crippen molar-refractivity contribution in [1.82, 2.24) is 0 Å². The molecule has 0 aliphatic rings. The molecule has 0 aromatic heterocycles. The normalized spacial score (nSPS) is 11.2. The van der Waals surface area contributed by atoms with Gasteiger partial charge in [0.05, 0.1) is 0 Å². The summed E-state index contributed by atoms with van der Waals surface area (Å²) in [7, 11) is 0. The maximum Gasteiger partial charge on any atom is 0.266 e. The first kappa shape index (κ1) is 23.4. The number of halogens is 2. The number of fused-ring (bicyclic) bond motifs is 1. The average molecular weight is 487 g/mol. The Balaban J connectivity index is 1.59. The van der Waals surface area contributed by atoms with Crippen LogP contribution in [-0.2, 0) is 11.4 Å². The molecule has 1 amide bonds. The summed E-state index contributed by atoms with van der Waals surface area (Å²) in [6, 6.07) is 26.3. The maximum absolute atomic E-state index is 12.7. The number of rotatable bonds is 6. The Kier molecular flexibility index (Phi) is 7.18. The fourth-order valence-electron chi connectivity index (χ4n) is 3.51. The summed E-state index contributed by atoms with van der Waals surface area (Å²) in [5, 5.41) is 15.6. The van der Waals surface area contributed by atoms with Crippen LogP contribution in [0.15, 0.2) is 84.4 Å². The number of anilines is 1. The number of ether oxygens (including phenoxy) is 1. The lowest BCUT2D eigenvalue weighted by Crippen LogP contribution is -2.13. The van der Waals surface area contributed by atoms with E-state index in [0.717, 1.165) is 21.9 Å². The molecule has 0 aliphatic heterocycles. The number of amides is 1. The molecular weight excluding hydrogens is 467 g/mol. The molecule has 168 valence electrons. The molecule has 34 heavy (non-hydrogen) atoms. The zero-order chi connectivity index (χ0) is 24.1. The second-order valence-corrected chi connectivity index (χ2v) is 8.54. The molecule has 0 saturated heterocycles. The van der Waals surface area contributed by atoms with Gasteiger partial charge in [0, 0.05) is 21.3 Å². The summed E-state index contributed by atoms with van der Waals surface area (Å²) >= 11 is 12.3. The van der Waals surface area contributed by atoms with Gasteiger partial charge in [0.25, 0.3) is 5.91 Å². The smallest absolute Gasteiger partial charge is 0.266 e. The third-order valence-corrected chi connectivity index (χ3v) is 5.97. The number of nitrogens with one attached hydrogen (secondary N) is 1. The molecule has 1 N–H and O–H groups in total. The van der Waals surface area contributed by atoms with E-state index in [1.807, 2.05) is 55.5 Å². The van der Waals surface area contributed by atoms with Crippen LogP contribution >= 0.6 is 23.2 Å². The molecule has 6 heteroatoms. The van der Waals surface area contributed by atoms with Gasteiger partial charge in [0.2, 0.25) is 0 Å². The highest BCUT2D eigenvalue weighted by Gasteiger charge is 2.13. The Morgan fingerprint density at radius 3 is 2.62 bits per heavy atom. The largest absolute Gasteiger partial charge is 0.488 e. The van der Waals surface area contributed by atoms with Crippen molar-refractivity contribution in [3.63, 3.8) is 0 Å². The molecule has 0 unspecified atom stereocenters. The van der Waals surface area contributed by atoms with Crippen LogP contribution in [0.4, 0.5) is 5.69 Å². The van der Waals surface area contributed by atoms with Gasteiger partial charge in [-0.05, 0) is 65.2 Å². The number of hydrogen-bond donors (Lipinski definition) is 1. The Morgan fingerprint density at radius 2 is 1.82 bits per heavy atom. The van der Waals surface area contributed by atoms with Crippen molar-refractivity contribution < 1.29 is 9.53 Å². The first-order valence-corrected chi connectivity index (χ1v) is 11.3. The number of carbonyl (C=O) groups excluding carboxylic acids is 1. The van der Waals surface area contributed by atoms with Crippen molar-refractivity contribution in [2.24, 2.45) is 0 Å². The predicted molar refractivity (Wildman–Crippen MR) is 138 cm³/mol. The third-order valence-electron chi connectivity index (χ3n) is 5.33. The van der Waals surface area contributed by atoms with Crippen LogP contribution in [0.1, 0.15) is 16.7 Å². The van der Waals surface area contributed by atoms with Gasteiger partial charge < -0.3 is 10.1 Å². The third kappa shape index (κ3) is 5.40. The van der Waals surface area contributed by atoms with E-state index in [2.05, 4.69) is 5.32 Å². The standard InChI is InChI=1S/C28H20Cl2N2O2/c1-18-9-11-24(15-26(18)30)32-28(33)22(16-31)13-21-14-23(29)10-12-27(21)34-17-20-7-4-6-19-5-2-3-8-25(19)20/h2-15H,17H2,1H3,(H,32,33)/b22-13+. The minimum Gasteiger partial charge on any atom is -0.488 e. The van der Waals surface area contributed by atoms with E-state index in [9.17, 15) is 10.1 Å². The zero-order valence-corrected chi connectivity index (χ0v) is 19.8. The number of nitriles is 1. The molecule has 4 aromatic rings. The lowest BCUT2D eigenvalue weighted by molar-refractivity contribution is -0.112. The van der Waals surface area contributed by atoms with Crippen LogP contribution in [-0.4, -0.2) is 5.91 Å². The highest BCUT2D eigenvalue weighted by Crippen LogP contribution is 2.28. The van der Waals surface area contributed by atoms with Crippen LogP contribution in [0.3, 0.4) is 0 Å². The van der Waals surface area contributed by atoms with E-state index in [0.29, 0.717) is 33.7 Å². The van der Waals surface area contributed by atoms with Crippen molar-refractivity contribution >= 4 is 51.6 Å². The predicted octanol–water partition coefficient (Wildman–Crippen LogP) is 7.58. The number of benzene rings is 4. The van der Waals surface area contributed by atoms with Crippen molar-refractivity contribution in [3.05, 3.63) is 111 Å². The lowest BCUT2D eigenvalue weighted by atomic mass is 10.1. The lowest BCUT2D eigenvalue weighted by Gasteiger charge is -2.12. The van der Waals surface area contributed by atoms with Crippen molar-refractivity contribution in [1.29, 1.82) is 5.26 Å². The quantitative estimate of drug-likeness (QED) is 0.225. The number of hydrogen-bond acceptors (Lipinski definition) is 3. The first-order valence-electron chi connectivity index (χ1n) is 10.5. The molecule has 0 radical (unpaired) electrons. The Morgan fingerprint density at radius 1 is 1.03 bits per heavy atom. The van der Waals surface area contributed by atoms with Crippen molar-refractivity contribution in [2.75, 3.05) is 5.32 Å². The second kappa shape index (κ2) is 10.4. The summed E-state index contributed by atoms with van der Waals surface area (Å²) in [5.41, 5.74) is 2.86. The molecule has 0 heterocycles. The molecule has 0 fully saturated rings. The van der Waals surface area contributed by atoms with Crippen LogP contribution in [0, 0.1) is 18.3 Å². The molecule has 0 atom stereocenters. The highest BCUT2D eigenvalue weighted by atomic mass is 35.5. The highest BCUT2D eigenvalue weighted by molar-refractivity contribution is 6.31. The van der Waals surface area contributed by atoms with Gasteiger partial charge in [-0.1, -0.05) is 71.7 Å². The molecular formula is C28H20Cl2N2O2. The van der Waals surface area contributed by atoms with E-state index in [1.165, 1.54) is 6.08 Å². The van der Waals surface area contributed by atoms with Crippen LogP contribution < -0.4 is 10.1 Å². The molecule has 4 nitrogen and oxygen atoms in total. The minimum atomic E-state index is -0.553. The van der Waals surface area contributed by atoms with Gasteiger partial charge in [0.1, 0.15) is 24.0 Å². The molecule has 0 saturated carbocycles.